The fourth-order valence-corrected chi connectivity index (χ4v) is 4.71. The molecule has 2 amide bonds. The van der Waals surface area contributed by atoms with Crippen molar-refractivity contribution in [1.82, 2.24) is 4.31 Å². The Morgan fingerprint density at radius 1 is 0.889 bits per heavy atom. The van der Waals surface area contributed by atoms with E-state index in [1.807, 2.05) is 0 Å². The number of nitrogens with one attached hydrogen (secondary N) is 2. The number of halogens is 1. The zero-order valence-electron chi connectivity index (χ0n) is 14.8. The maximum Gasteiger partial charge on any atom is 0.323 e. The first kappa shape index (κ1) is 19.7. The Morgan fingerprint density at radius 2 is 1.52 bits per heavy atom. The van der Waals surface area contributed by atoms with E-state index < -0.39 is 16.1 Å². The normalized spacial score (nSPS) is 15.7. The van der Waals surface area contributed by atoms with Crippen molar-refractivity contribution in [3.05, 3.63) is 53.6 Å². The lowest BCUT2D eigenvalue weighted by molar-refractivity contribution is 0.262. The molecule has 0 bridgehead atoms. The fraction of sp³-hybridized carbons (Fsp3) is 0.316. The van der Waals surface area contributed by atoms with E-state index >= 15 is 0 Å². The van der Waals surface area contributed by atoms with Crippen LogP contribution in [0.4, 0.5) is 16.2 Å². The summed E-state index contributed by atoms with van der Waals surface area (Å²) < 4.78 is 27.1. The van der Waals surface area contributed by atoms with Crippen LogP contribution in [0.25, 0.3) is 0 Å². The number of rotatable bonds is 4. The van der Waals surface area contributed by atoms with Crippen molar-refractivity contribution in [1.29, 1.82) is 0 Å². The molecule has 0 saturated carbocycles. The van der Waals surface area contributed by atoms with Crippen molar-refractivity contribution in [3.63, 3.8) is 0 Å². The van der Waals surface area contributed by atoms with Gasteiger partial charge in [0.25, 0.3) is 0 Å². The van der Waals surface area contributed by atoms with Crippen molar-refractivity contribution in [2.75, 3.05) is 23.7 Å². The highest BCUT2D eigenvalue weighted by atomic mass is 35.5. The number of amides is 2. The van der Waals surface area contributed by atoms with Crippen LogP contribution in [0, 0.1) is 0 Å². The van der Waals surface area contributed by atoms with Gasteiger partial charge in [0.2, 0.25) is 10.0 Å². The minimum absolute atomic E-state index is 0.241. The van der Waals surface area contributed by atoms with Gasteiger partial charge < -0.3 is 10.6 Å². The van der Waals surface area contributed by atoms with Crippen LogP contribution in [-0.4, -0.2) is 31.8 Å². The van der Waals surface area contributed by atoms with E-state index in [9.17, 15) is 13.2 Å². The summed E-state index contributed by atoms with van der Waals surface area (Å²) in [5, 5.41) is 5.87. The summed E-state index contributed by atoms with van der Waals surface area (Å²) in [4.78, 5) is 12.3. The molecular formula is C19H22ClN3O3S. The molecule has 0 spiro atoms. The predicted molar refractivity (Wildman–Crippen MR) is 108 cm³/mol. The number of hydrogen-bond donors (Lipinski definition) is 2. The average Bonchev–Trinajstić information content (AvgIpc) is 2.92. The van der Waals surface area contributed by atoms with Gasteiger partial charge in [-0.2, -0.15) is 4.31 Å². The largest absolute Gasteiger partial charge is 0.323 e. The highest BCUT2D eigenvalue weighted by Crippen LogP contribution is 2.22. The average molecular weight is 408 g/mol. The zero-order valence-corrected chi connectivity index (χ0v) is 16.4. The molecule has 8 heteroatoms. The minimum atomic E-state index is -3.49. The van der Waals surface area contributed by atoms with E-state index in [0.29, 0.717) is 29.5 Å². The molecular weight excluding hydrogens is 386 g/mol. The minimum Gasteiger partial charge on any atom is -0.308 e. The molecule has 0 aromatic heterocycles. The van der Waals surface area contributed by atoms with Gasteiger partial charge >= 0.3 is 6.03 Å². The van der Waals surface area contributed by atoms with Gasteiger partial charge in [-0.1, -0.05) is 30.5 Å². The second kappa shape index (κ2) is 8.73. The van der Waals surface area contributed by atoms with E-state index in [4.69, 9.17) is 11.6 Å². The molecule has 0 unspecified atom stereocenters. The Labute approximate surface area is 164 Å². The lowest BCUT2D eigenvalue weighted by Gasteiger charge is -2.20. The second-order valence-electron chi connectivity index (χ2n) is 6.43. The first-order chi connectivity index (χ1) is 12.9. The number of benzene rings is 2. The van der Waals surface area contributed by atoms with Crippen LogP contribution >= 0.6 is 11.6 Å². The van der Waals surface area contributed by atoms with Crippen molar-refractivity contribution >= 4 is 39.0 Å². The summed E-state index contributed by atoms with van der Waals surface area (Å²) in [5.41, 5.74) is 1.07. The van der Waals surface area contributed by atoms with Crippen molar-refractivity contribution in [2.24, 2.45) is 0 Å². The maximum absolute atomic E-state index is 12.8. The van der Waals surface area contributed by atoms with Gasteiger partial charge in [0, 0.05) is 29.5 Å². The maximum atomic E-state index is 12.8. The van der Waals surface area contributed by atoms with Crippen molar-refractivity contribution in [2.45, 2.75) is 30.6 Å². The highest BCUT2D eigenvalue weighted by molar-refractivity contribution is 7.89. The van der Waals surface area contributed by atoms with E-state index in [1.165, 1.54) is 12.1 Å². The summed E-state index contributed by atoms with van der Waals surface area (Å²) in [7, 11) is -3.49. The quantitative estimate of drug-likeness (QED) is 0.780. The van der Waals surface area contributed by atoms with Gasteiger partial charge in [-0.3, -0.25) is 0 Å². The molecule has 1 saturated heterocycles. The number of hydrogen-bond acceptors (Lipinski definition) is 3. The third kappa shape index (κ3) is 5.22. The first-order valence-corrected chi connectivity index (χ1v) is 10.7. The van der Waals surface area contributed by atoms with Gasteiger partial charge in [-0.25, -0.2) is 13.2 Å². The van der Waals surface area contributed by atoms with Crippen LogP contribution in [0.2, 0.25) is 5.02 Å². The first-order valence-electron chi connectivity index (χ1n) is 8.89. The van der Waals surface area contributed by atoms with Crippen LogP contribution in [-0.2, 0) is 10.0 Å². The fourth-order valence-electron chi connectivity index (χ4n) is 3.00. The molecule has 0 aliphatic carbocycles. The Bertz CT molecular complexity index is 893. The number of sulfonamides is 1. The van der Waals surface area contributed by atoms with Crippen LogP contribution in [0.1, 0.15) is 25.7 Å². The second-order valence-corrected chi connectivity index (χ2v) is 8.81. The van der Waals surface area contributed by atoms with Gasteiger partial charge in [-0.15, -0.1) is 0 Å². The third-order valence-electron chi connectivity index (χ3n) is 4.40. The van der Waals surface area contributed by atoms with Gasteiger partial charge in [0.15, 0.2) is 0 Å². The molecule has 27 heavy (non-hydrogen) atoms. The van der Waals surface area contributed by atoms with Crippen LogP contribution in [0.15, 0.2) is 53.4 Å². The molecule has 1 aliphatic rings. The Kier molecular flexibility index (Phi) is 6.36. The standard InChI is InChI=1S/C19H22ClN3O3S/c20-15-6-5-7-17(14-15)22-19(24)21-16-8-10-18(11-9-16)27(25,26)23-12-3-1-2-4-13-23/h5-11,14H,1-4,12-13H2,(H2,21,22,24). The SMILES string of the molecule is O=C(Nc1ccc(S(=O)(=O)N2CCCCCC2)cc1)Nc1cccc(Cl)c1. The van der Waals surface area contributed by atoms with Gasteiger partial charge in [0.1, 0.15) is 0 Å². The molecule has 0 atom stereocenters. The predicted octanol–water partition coefficient (Wildman–Crippen LogP) is 4.55. The summed E-state index contributed by atoms with van der Waals surface area (Å²) >= 11 is 5.89. The number of urea groups is 1. The zero-order chi connectivity index (χ0) is 19.3. The molecule has 1 aliphatic heterocycles. The molecule has 144 valence electrons. The molecule has 3 rings (SSSR count). The summed E-state index contributed by atoms with van der Waals surface area (Å²) in [6.45, 7) is 1.12. The van der Waals surface area contributed by atoms with Crippen LogP contribution in [0.5, 0.6) is 0 Å². The van der Waals surface area contributed by atoms with E-state index in [0.717, 1.165) is 25.7 Å². The molecule has 1 fully saturated rings. The number of carbonyl (C=O) groups is 1. The molecule has 2 aromatic rings. The monoisotopic (exact) mass is 407 g/mol. The summed E-state index contributed by atoms with van der Waals surface area (Å²) in [5.74, 6) is 0. The van der Waals surface area contributed by atoms with E-state index in [-0.39, 0.29) is 4.90 Å². The van der Waals surface area contributed by atoms with Gasteiger partial charge in [-0.05, 0) is 55.3 Å². The third-order valence-corrected chi connectivity index (χ3v) is 6.55. The van der Waals surface area contributed by atoms with Crippen LogP contribution in [0.3, 0.4) is 0 Å². The number of nitrogens with zero attached hydrogens (tertiary/aromatic N) is 1. The number of anilines is 2. The Morgan fingerprint density at radius 3 is 2.15 bits per heavy atom. The van der Waals surface area contributed by atoms with E-state index in [1.54, 1.807) is 40.7 Å². The molecule has 0 radical (unpaired) electrons. The molecule has 6 nitrogen and oxygen atoms in total. The Hall–Kier alpha value is -2.09. The molecule has 2 aromatic carbocycles. The topological polar surface area (TPSA) is 78.5 Å². The van der Waals surface area contributed by atoms with Gasteiger partial charge in [0.05, 0.1) is 4.90 Å². The number of carbonyl (C=O) groups excluding carboxylic acids is 1. The lowest BCUT2D eigenvalue weighted by Crippen LogP contribution is -2.31. The lowest BCUT2D eigenvalue weighted by atomic mass is 10.2. The smallest absolute Gasteiger partial charge is 0.308 e. The highest BCUT2D eigenvalue weighted by Gasteiger charge is 2.24. The van der Waals surface area contributed by atoms with Crippen LogP contribution < -0.4 is 10.6 Å². The van der Waals surface area contributed by atoms with Crippen molar-refractivity contribution in [3.8, 4) is 0 Å². The Balaban J connectivity index is 1.65. The van der Waals surface area contributed by atoms with Crippen molar-refractivity contribution < 1.29 is 13.2 Å². The summed E-state index contributed by atoms with van der Waals surface area (Å²) in [6.07, 6.45) is 3.91. The molecule has 1 heterocycles. The molecule has 2 N–H and O–H groups in total. The van der Waals surface area contributed by atoms with E-state index in [2.05, 4.69) is 10.6 Å². The summed E-state index contributed by atoms with van der Waals surface area (Å²) in [6, 6.07) is 12.6.